The van der Waals surface area contributed by atoms with Gasteiger partial charge in [0.15, 0.2) is 0 Å². The highest BCUT2D eigenvalue weighted by Gasteiger charge is 2.22. The third-order valence-electron chi connectivity index (χ3n) is 2.65. The van der Waals surface area contributed by atoms with E-state index in [-0.39, 0.29) is 0 Å². The molecule has 0 radical (unpaired) electrons. The second kappa shape index (κ2) is 7.45. The first kappa shape index (κ1) is 15.9. The van der Waals surface area contributed by atoms with E-state index in [9.17, 15) is 8.42 Å². The van der Waals surface area contributed by atoms with Crippen molar-refractivity contribution in [2.45, 2.75) is 12.8 Å². The Hall–Kier alpha value is -0.140. The molecule has 0 aliphatic heterocycles. The lowest BCUT2D eigenvalue weighted by molar-refractivity contribution is 0.394. The topological polar surface area (TPSA) is 40.6 Å². The van der Waals surface area contributed by atoms with Gasteiger partial charge in [-0.15, -0.1) is 22.9 Å². The number of hydrogen-bond donors (Lipinski definition) is 0. The van der Waals surface area contributed by atoms with Crippen LogP contribution in [-0.2, 0) is 16.6 Å². The number of halogens is 1. The lowest BCUT2D eigenvalue weighted by Gasteiger charge is -2.23. The van der Waals surface area contributed by atoms with Crippen LogP contribution in [0.1, 0.15) is 11.3 Å². The van der Waals surface area contributed by atoms with Crippen LogP contribution in [0, 0.1) is 0 Å². The molecule has 0 spiro atoms. The zero-order valence-electron chi connectivity index (χ0n) is 10.7. The van der Waals surface area contributed by atoms with Gasteiger partial charge in [0.1, 0.15) is 0 Å². The van der Waals surface area contributed by atoms with Crippen LogP contribution in [0.5, 0.6) is 0 Å². The van der Waals surface area contributed by atoms with Crippen molar-refractivity contribution < 1.29 is 8.42 Å². The third kappa shape index (κ3) is 4.51. The van der Waals surface area contributed by atoms with Crippen molar-refractivity contribution in [2.75, 3.05) is 33.1 Å². The molecule has 0 unspecified atom stereocenters. The third-order valence-corrected chi connectivity index (χ3v) is 5.79. The molecule has 18 heavy (non-hydrogen) atoms. The van der Waals surface area contributed by atoms with Crippen molar-refractivity contribution in [2.24, 2.45) is 0 Å². The van der Waals surface area contributed by atoms with Crippen LogP contribution in [0.3, 0.4) is 0 Å². The molecule has 104 valence electrons. The minimum absolute atomic E-state index is 0.454. The molecule has 0 fully saturated rings. The molecule has 4 nitrogen and oxygen atoms in total. The second-order valence-corrected chi connectivity index (χ2v) is 7.58. The first-order chi connectivity index (χ1) is 8.48. The molecule has 1 rings (SSSR count). The highest BCUT2D eigenvalue weighted by molar-refractivity contribution is 7.86. The lowest BCUT2D eigenvalue weighted by Crippen LogP contribution is -2.41. The van der Waals surface area contributed by atoms with Gasteiger partial charge >= 0.3 is 0 Å². The van der Waals surface area contributed by atoms with Crippen molar-refractivity contribution in [3.05, 3.63) is 22.4 Å². The highest BCUT2D eigenvalue weighted by Crippen LogP contribution is 2.11. The minimum Gasteiger partial charge on any atom is -0.195 e. The normalized spacial score (nSPS) is 12.5. The quantitative estimate of drug-likeness (QED) is 0.689. The van der Waals surface area contributed by atoms with Gasteiger partial charge in [-0.3, -0.25) is 0 Å². The summed E-state index contributed by atoms with van der Waals surface area (Å²) in [6.45, 7) is 0.948. The number of alkyl halides is 1. The maximum Gasteiger partial charge on any atom is 0.281 e. The Morgan fingerprint density at radius 2 is 1.94 bits per heavy atom. The van der Waals surface area contributed by atoms with Gasteiger partial charge < -0.3 is 0 Å². The molecule has 1 aromatic heterocycles. The van der Waals surface area contributed by atoms with E-state index in [1.807, 2.05) is 17.5 Å². The smallest absolute Gasteiger partial charge is 0.195 e. The summed E-state index contributed by atoms with van der Waals surface area (Å²) < 4.78 is 27.0. The Labute approximate surface area is 118 Å². The predicted molar refractivity (Wildman–Crippen MR) is 77.5 cm³/mol. The molecular weight excluding hydrogens is 292 g/mol. The van der Waals surface area contributed by atoms with Crippen molar-refractivity contribution in [3.63, 3.8) is 0 Å². The number of nitrogens with zero attached hydrogens (tertiary/aromatic N) is 2. The largest absolute Gasteiger partial charge is 0.281 e. The van der Waals surface area contributed by atoms with Crippen molar-refractivity contribution in [3.8, 4) is 0 Å². The fraction of sp³-hybridized carbons (Fsp3) is 0.636. The van der Waals surface area contributed by atoms with Crippen LogP contribution in [-0.4, -0.2) is 50.1 Å². The van der Waals surface area contributed by atoms with Crippen LogP contribution in [0.4, 0.5) is 0 Å². The summed E-state index contributed by atoms with van der Waals surface area (Å²) >= 11 is 7.22. The fourth-order valence-electron chi connectivity index (χ4n) is 1.47. The summed E-state index contributed by atoms with van der Waals surface area (Å²) in [4.78, 5) is 1.19. The van der Waals surface area contributed by atoms with Crippen molar-refractivity contribution in [1.82, 2.24) is 8.61 Å². The van der Waals surface area contributed by atoms with Crippen molar-refractivity contribution >= 4 is 33.1 Å². The average molecular weight is 311 g/mol. The highest BCUT2D eigenvalue weighted by atomic mass is 35.5. The van der Waals surface area contributed by atoms with E-state index in [1.165, 1.54) is 13.5 Å². The van der Waals surface area contributed by atoms with Gasteiger partial charge in [0.25, 0.3) is 10.2 Å². The second-order valence-electron chi connectivity index (χ2n) is 4.02. The van der Waals surface area contributed by atoms with E-state index >= 15 is 0 Å². The Bertz CT molecular complexity index is 434. The van der Waals surface area contributed by atoms with Crippen LogP contribution < -0.4 is 0 Å². The Kier molecular flexibility index (Phi) is 6.59. The molecule has 0 aromatic carbocycles. The molecule has 0 aliphatic rings. The van der Waals surface area contributed by atoms with E-state index in [0.717, 1.165) is 6.42 Å². The average Bonchev–Trinajstić information content (AvgIpc) is 2.85. The van der Waals surface area contributed by atoms with Gasteiger partial charge in [-0.2, -0.15) is 17.0 Å². The number of rotatable bonds is 8. The van der Waals surface area contributed by atoms with E-state index in [0.29, 0.717) is 25.4 Å². The number of hydrogen-bond acceptors (Lipinski definition) is 3. The summed E-state index contributed by atoms with van der Waals surface area (Å²) in [5.74, 6) is 0.471. The van der Waals surface area contributed by atoms with Crippen LogP contribution >= 0.6 is 22.9 Å². The Morgan fingerprint density at radius 3 is 2.50 bits per heavy atom. The van der Waals surface area contributed by atoms with E-state index < -0.39 is 10.2 Å². The lowest BCUT2D eigenvalue weighted by atomic mass is 10.3. The molecule has 0 amide bonds. The van der Waals surface area contributed by atoms with Crippen LogP contribution in [0.15, 0.2) is 17.5 Å². The summed E-state index contributed by atoms with van der Waals surface area (Å²) in [5, 5.41) is 2.00. The molecular formula is C11H19ClN2O2S2. The summed E-state index contributed by atoms with van der Waals surface area (Å²) in [7, 11) is -0.154. The maximum absolute atomic E-state index is 12.1. The predicted octanol–water partition coefficient (Wildman–Crippen LogP) is 2.03. The van der Waals surface area contributed by atoms with E-state index in [1.54, 1.807) is 25.4 Å². The summed E-state index contributed by atoms with van der Waals surface area (Å²) in [5.41, 5.74) is 0. The fourth-order valence-corrected chi connectivity index (χ4v) is 3.45. The number of likely N-dealkylation sites (N-methyl/N-ethyl adjacent to an activating group) is 1. The Balaban J connectivity index is 2.50. The monoisotopic (exact) mass is 310 g/mol. The zero-order valence-corrected chi connectivity index (χ0v) is 13.1. The standard InChI is InChI=1S/C11H19ClN2O2S2/c1-13(8-4-7-12)18(15,16)14(2)9-6-11-5-3-10-17-11/h3,5,10H,4,6-9H2,1-2H3. The molecule has 0 bridgehead atoms. The SMILES string of the molecule is CN(CCCCl)S(=O)(=O)N(C)CCc1cccs1. The van der Waals surface area contributed by atoms with Gasteiger partial charge in [-0.25, -0.2) is 0 Å². The molecule has 0 N–H and O–H groups in total. The van der Waals surface area contributed by atoms with Crippen LogP contribution in [0.25, 0.3) is 0 Å². The van der Waals surface area contributed by atoms with Gasteiger partial charge in [-0.05, 0) is 24.3 Å². The summed E-state index contributed by atoms with van der Waals surface area (Å²) in [6, 6.07) is 3.99. The molecule has 0 atom stereocenters. The molecule has 1 heterocycles. The molecule has 1 aromatic rings. The molecule has 0 aliphatic carbocycles. The number of thiophene rings is 1. The van der Waals surface area contributed by atoms with Gasteiger partial charge in [0, 0.05) is 37.9 Å². The molecule has 0 saturated heterocycles. The van der Waals surface area contributed by atoms with Crippen LogP contribution in [0.2, 0.25) is 0 Å². The maximum atomic E-state index is 12.1. The van der Waals surface area contributed by atoms with Crippen molar-refractivity contribution in [1.29, 1.82) is 0 Å². The Morgan fingerprint density at radius 1 is 1.28 bits per heavy atom. The minimum atomic E-state index is -3.35. The van der Waals surface area contributed by atoms with Gasteiger partial charge in [0.2, 0.25) is 0 Å². The van der Waals surface area contributed by atoms with E-state index in [2.05, 4.69) is 0 Å². The first-order valence-corrected chi connectivity index (χ1v) is 8.55. The first-order valence-electron chi connectivity index (χ1n) is 5.74. The zero-order chi connectivity index (χ0) is 13.6. The van der Waals surface area contributed by atoms with Gasteiger partial charge in [0.05, 0.1) is 0 Å². The van der Waals surface area contributed by atoms with E-state index in [4.69, 9.17) is 11.6 Å². The van der Waals surface area contributed by atoms with Gasteiger partial charge in [-0.1, -0.05) is 6.07 Å². The molecule has 7 heteroatoms. The summed E-state index contributed by atoms with van der Waals surface area (Å²) in [6.07, 6.45) is 1.41. The molecule has 0 saturated carbocycles.